The summed E-state index contributed by atoms with van der Waals surface area (Å²) in [5, 5.41) is 0. The van der Waals surface area contributed by atoms with E-state index in [2.05, 4.69) is 68.9 Å². The molecule has 0 N–H and O–H groups in total. The molecule has 1 aliphatic carbocycles. The van der Waals surface area contributed by atoms with Gasteiger partial charge in [0, 0.05) is 0 Å². The molecule has 0 aromatic rings. The van der Waals surface area contributed by atoms with Crippen molar-refractivity contribution < 1.29 is 0 Å². The van der Waals surface area contributed by atoms with Crippen molar-refractivity contribution in [3.8, 4) is 0 Å². The molecule has 0 aromatic heterocycles. The Morgan fingerprint density at radius 1 is 0.875 bits per heavy atom. The highest BCUT2D eigenvalue weighted by Gasteiger charge is 2.35. The van der Waals surface area contributed by atoms with Crippen LogP contribution in [0.4, 0.5) is 0 Å². The summed E-state index contributed by atoms with van der Waals surface area (Å²) in [4.78, 5) is 0. The Hall–Kier alpha value is -0.260. The second-order valence-electron chi connectivity index (χ2n) is 12.8. The van der Waals surface area contributed by atoms with Crippen molar-refractivity contribution in [2.24, 2.45) is 53.3 Å². The quantitative estimate of drug-likeness (QED) is 0.207. The molecule has 0 saturated heterocycles. The lowest BCUT2D eigenvalue weighted by atomic mass is 9.63. The van der Waals surface area contributed by atoms with Gasteiger partial charge >= 0.3 is 0 Å². The van der Waals surface area contributed by atoms with E-state index in [1.165, 1.54) is 82.6 Å². The highest BCUT2D eigenvalue weighted by molar-refractivity contribution is 4.94. The van der Waals surface area contributed by atoms with Crippen molar-refractivity contribution in [2.45, 2.75) is 139 Å². The molecule has 0 heteroatoms. The third-order valence-electron chi connectivity index (χ3n) is 9.49. The number of hydrogen-bond donors (Lipinski definition) is 0. The summed E-state index contributed by atoms with van der Waals surface area (Å²) in [5.41, 5.74) is 1.48. The van der Waals surface area contributed by atoms with Crippen LogP contribution in [0.25, 0.3) is 0 Å². The van der Waals surface area contributed by atoms with E-state index in [-0.39, 0.29) is 0 Å². The van der Waals surface area contributed by atoms with Gasteiger partial charge in [-0.2, -0.15) is 0 Å². The second-order valence-corrected chi connectivity index (χ2v) is 12.8. The second kappa shape index (κ2) is 15.6. The monoisotopic (exact) mass is 446 g/mol. The summed E-state index contributed by atoms with van der Waals surface area (Å²) in [6, 6.07) is 0. The predicted octanol–water partition coefficient (Wildman–Crippen LogP) is 11.0. The van der Waals surface area contributed by atoms with E-state index in [9.17, 15) is 0 Å². The lowest BCUT2D eigenvalue weighted by Crippen LogP contribution is -2.33. The van der Waals surface area contributed by atoms with E-state index in [1.54, 1.807) is 0 Å². The topological polar surface area (TPSA) is 0 Å². The fourth-order valence-electron chi connectivity index (χ4n) is 6.84. The Bertz CT molecular complexity index is 484. The van der Waals surface area contributed by atoms with Crippen LogP contribution in [0.5, 0.6) is 0 Å². The third-order valence-corrected chi connectivity index (χ3v) is 9.49. The van der Waals surface area contributed by atoms with Gasteiger partial charge in [-0.15, -0.1) is 0 Å². The molecule has 190 valence electrons. The Kier molecular flexibility index (Phi) is 14.5. The van der Waals surface area contributed by atoms with Crippen LogP contribution in [-0.4, -0.2) is 0 Å². The molecule has 1 aliphatic rings. The maximum absolute atomic E-state index is 4.33. The third kappa shape index (κ3) is 10.3. The van der Waals surface area contributed by atoms with Gasteiger partial charge in [0.1, 0.15) is 0 Å². The Morgan fingerprint density at radius 3 is 2.12 bits per heavy atom. The largest absolute Gasteiger partial charge is 0.0999 e. The lowest BCUT2D eigenvalue weighted by molar-refractivity contribution is 0.0748. The van der Waals surface area contributed by atoms with Gasteiger partial charge in [0.2, 0.25) is 0 Å². The van der Waals surface area contributed by atoms with Gasteiger partial charge in [-0.05, 0) is 98.2 Å². The van der Waals surface area contributed by atoms with Crippen LogP contribution >= 0.6 is 0 Å². The SMILES string of the molecule is C=C(CCCC(CCC)C(C)CCC(C)C1CCC(CC)C(C(C)C(C)C)C1)CC(C)C. The van der Waals surface area contributed by atoms with Gasteiger partial charge in [0.25, 0.3) is 0 Å². The first kappa shape index (κ1) is 29.8. The zero-order valence-electron chi connectivity index (χ0n) is 23.9. The summed E-state index contributed by atoms with van der Waals surface area (Å²) in [6.07, 6.45) is 16.7. The molecule has 32 heavy (non-hydrogen) atoms. The van der Waals surface area contributed by atoms with Crippen LogP contribution in [-0.2, 0) is 0 Å². The van der Waals surface area contributed by atoms with Gasteiger partial charge in [0.15, 0.2) is 0 Å². The standard InChI is InChI=1S/C32H62/c1-11-14-30(16-13-15-25(7)21-23(3)4)26(8)17-18-27(9)31-20-19-29(12-2)32(22-31)28(10)24(5)6/h23-24,26-32H,7,11-22H2,1-6,8-10H3. The van der Waals surface area contributed by atoms with Crippen molar-refractivity contribution in [1.29, 1.82) is 0 Å². The minimum absolute atomic E-state index is 0.755. The van der Waals surface area contributed by atoms with Gasteiger partial charge in [0.05, 0.1) is 0 Å². The summed E-state index contributed by atoms with van der Waals surface area (Å²) in [6.45, 7) is 26.3. The van der Waals surface area contributed by atoms with Crippen LogP contribution < -0.4 is 0 Å². The normalized spacial score (nSPS) is 25.7. The average Bonchev–Trinajstić information content (AvgIpc) is 2.74. The molecule has 0 radical (unpaired) electrons. The first-order valence-corrected chi connectivity index (χ1v) is 14.8. The summed E-state index contributed by atoms with van der Waals surface area (Å²) < 4.78 is 0. The van der Waals surface area contributed by atoms with Crippen LogP contribution in [0, 0.1) is 53.3 Å². The van der Waals surface area contributed by atoms with Crippen molar-refractivity contribution in [2.75, 3.05) is 0 Å². The minimum atomic E-state index is 0.755. The van der Waals surface area contributed by atoms with E-state index in [0.29, 0.717) is 0 Å². The van der Waals surface area contributed by atoms with Crippen LogP contribution in [0.1, 0.15) is 139 Å². The maximum atomic E-state index is 4.33. The highest BCUT2D eigenvalue weighted by Crippen LogP contribution is 2.45. The smallest absolute Gasteiger partial charge is 0.0300 e. The van der Waals surface area contributed by atoms with Crippen molar-refractivity contribution in [3.05, 3.63) is 12.2 Å². The van der Waals surface area contributed by atoms with Crippen LogP contribution in [0.15, 0.2) is 12.2 Å². The van der Waals surface area contributed by atoms with Crippen LogP contribution in [0.2, 0.25) is 0 Å². The molecule has 0 bridgehead atoms. The van der Waals surface area contributed by atoms with E-state index in [0.717, 1.165) is 53.3 Å². The fourth-order valence-corrected chi connectivity index (χ4v) is 6.84. The molecule has 0 aliphatic heterocycles. The molecule has 1 fully saturated rings. The highest BCUT2D eigenvalue weighted by atomic mass is 14.4. The molecule has 7 atom stereocenters. The minimum Gasteiger partial charge on any atom is -0.0999 e. The molecule has 1 saturated carbocycles. The Morgan fingerprint density at radius 2 is 1.56 bits per heavy atom. The first-order valence-electron chi connectivity index (χ1n) is 14.8. The first-order chi connectivity index (χ1) is 15.1. The van der Waals surface area contributed by atoms with E-state index >= 15 is 0 Å². The predicted molar refractivity (Wildman–Crippen MR) is 147 cm³/mol. The molecule has 7 unspecified atom stereocenters. The molecular formula is C32H62. The van der Waals surface area contributed by atoms with Crippen LogP contribution in [0.3, 0.4) is 0 Å². The molecule has 0 spiro atoms. The fraction of sp³-hybridized carbons (Fsp3) is 0.938. The van der Waals surface area contributed by atoms with Crippen molar-refractivity contribution in [1.82, 2.24) is 0 Å². The summed E-state index contributed by atoms with van der Waals surface area (Å²) >= 11 is 0. The number of allylic oxidation sites excluding steroid dienone is 1. The van der Waals surface area contributed by atoms with Gasteiger partial charge in [-0.25, -0.2) is 0 Å². The van der Waals surface area contributed by atoms with Gasteiger partial charge in [-0.3, -0.25) is 0 Å². The van der Waals surface area contributed by atoms with Crippen molar-refractivity contribution >= 4 is 0 Å². The van der Waals surface area contributed by atoms with Gasteiger partial charge in [-0.1, -0.05) is 107 Å². The molecule has 0 aromatic carbocycles. The molecule has 1 rings (SSSR count). The summed E-state index contributed by atoms with van der Waals surface area (Å²) in [5.74, 6) is 8.09. The number of rotatable bonds is 16. The van der Waals surface area contributed by atoms with E-state index in [1.807, 2.05) is 0 Å². The Balaban J connectivity index is 2.53. The lowest BCUT2D eigenvalue weighted by Gasteiger charge is -2.43. The molecule has 0 nitrogen and oxygen atoms in total. The molecule has 0 heterocycles. The number of hydrogen-bond acceptors (Lipinski definition) is 0. The summed E-state index contributed by atoms with van der Waals surface area (Å²) in [7, 11) is 0. The van der Waals surface area contributed by atoms with E-state index in [4.69, 9.17) is 0 Å². The zero-order chi connectivity index (χ0) is 24.3. The zero-order valence-corrected chi connectivity index (χ0v) is 23.9. The molecule has 0 amide bonds. The van der Waals surface area contributed by atoms with Crippen molar-refractivity contribution in [3.63, 3.8) is 0 Å². The maximum Gasteiger partial charge on any atom is -0.0300 e. The Labute approximate surface area is 204 Å². The molecular weight excluding hydrogens is 384 g/mol. The van der Waals surface area contributed by atoms with Gasteiger partial charge < -0.3 is 0 Å². The van der Waals surface area contributed by atoms with E-state index < -0.39 is 0 Å². The average molecular weight is 447 g/mol.